The number of epoxide rings is 1. The molecule has 1 heteroatoms. The summed E-state index contributed by atoms with van der Waals surface area (Å²) in [5, 5.41) is 0. The van der Waals surface area contributed by atoms with E-state index in [4.69, 9.17) is 4.74 Å². The lowest BCUT2D eigenvalue weighted by Gasteiger charge is -1.81. The summed E-state index contributed by atoms with van der Waals surface area (Å²) in [5.41, 5.74) is 0.250. The van der Waals surface area contributed by atoms with Gasteiger partial charge in [0.2, 0.25) is 0 Å². The minimum atomic E-state index is 0.250. The first-order valence-corrected chi connectivity index (χ1v) is 3.35. The summed E-state index contributed by atoms with van der Waals surface area (Å²) in [5.74, 6) is 0. The van der Waals surface area contributed by atoms with Gasteiger partial charge in [0.15, 0.2) is 0 Å². The van der Waals surface area contributed by atoms with Crippen LogP contribution in [0.4, 0.5) is 0 Å². The highest BCUT2D eigenvalue weighted by Crippen LogP contribution is 2.23. The minimum absolute atomic E-state index is 0.250. The molecule has 0 amide bonds. The van der Waals surface area contributed by atoms with Crippen molar-refractivity contribution in [3.05, 3.63) is 0 Å². The highest BCUT2D eigenvalue weighted by Gasteiger charge is 2.32. The molecule has 1 saturated heterocycles. The minimum Gasteiger partial charge on any atom is -0.370 e. The second-order valence-corrected chi connectivity index (χ2v) is 3.11. The average Bonchev–Trinajstić information content (AvgIpc) is 2.33. The van der Waals surface area contributed by atoms with Gasteiger partial charge in [-0.1, -0.05) is 19.3 Å². The van der Waals surface area contributed by atoms with E-state index in [1.165, 1.54) is 19.3 Å². The van der Waals surface area contributed by atoms with Crippen molar-refractivity contribution < 1.29 is 4.74 Å². The lowest BCUT2D eigenvalue weighted by Crippen LogP contribution is -1.90. The zero-order valence-corrected chi connectivity index (χ0v) is 5.74. The third-order valence-electron chi connectivity index (χ3n) is 1.08. The molecule has 2 fully saturated rings. The molecule has 0 N–H and O–H groups in total. The SMILES string of the molecule is C1CC1.CC1(C)CO1. The number of hydrogen-bond acceptors (Lipinski definition) is 1. The van der Waals surface area contributed by atoms with Crippen LogP contribution in [0.5, 0.6) is 0 Å². The fraction of sp³-hybridized carbons (Fsp3) is 1.00. The van der Waals surface area contributed by atoms with Gasteiger partial charge in [0.25, 0.3) is 0 Å². The largest absolute Gasteiger partial charge is 0.370 e. The molecule has 0 spiro atoms. The van der Waals surface area contributed by atoms with Crippen LogP contribution in [-0.4, -0.2) is 12.2 Å². The van der Waals surface area contributed by atoms with E-state index in [1.807, 2.05) is 0 Å². The first kappa shape index (κ1) is 6.09. The number of hydrogen-bond donors (Lipinski definition) is 0. The Labute approximate surface area is 51.0 Å². The standard InChI is InChI=1S/C4H8O.C3H6/c1-4(2)3-5-4;1-2-3-1/h3H2,1-2H3;1-3H2. The van der Waals surface area contributed by atoms with Crippen molar-refractivity contribution >= 4 is 0 Å². The van der Waals surface area contributed by atoms with Gasteiger partial charge in [-0.3, -0.25) is 0 Å². The van der Waals surface area contributed by atoms with E-state index >= 15 is 0 Å². The zero-order valence-electron chi connectivity index (χ0n) is 5.74. The van der Waals surface area contributed by atoms with Gasteiger partial charge >= 0.3 is 0 Å². The maximum atomic E-state index is 4.90. The Morgan fingerprint density at radius 1 is 1.12 bits per heavy atom. The van der Waals surface area contributed by atoms with Gasteiger partial charge in [-0.05, 0) is 13.8 Å². The van der Waals surface area contributed by atoms with Crippen molar-refractivity contribution in [1.29, 1.82) is 0 Å². The normalized spacial score (nSPS) is 27.8. The van der Waals surface area contributed by atoms with Crippen molar-refractivity contribution in [2.24, 2.45) is 0 Å². The average molecular weight is 114 g/mol. The van der Waals surface area contributed by atoms with E-state index in [0.29, 0.717) is 0 Å². The predicted octanol–water partition coefficient (Wildman–Crippen LogP) is 1.97. The van der Waals surface area contributed by atoms with Crippen LogP contribution in [0.1, 0.15) is 33.1 Å². The van der Waals surface area contributed by atoms with Gasteiger partial charge in [-0.25, -0.2) is 0 Å². The van der Waals surface area contributed by atoms with Crippen molar-refractivity contribution in [2.45, 2.75) is 38.7 Å². The summed E-state index contributed by atoms with van der Waals surface area (Å²) >= 11 is 0. The summed E-state index contributed by atoms with van der Waals surface area (Å²) < 4.78 is 4.90. The lowest BCUT2D eigenvalue weighted by atomic mass is 10.3. The maximum Gasteiger partial charge on any atom is 0.0860 e. The Hall–Kier alpha value is -0.0400. The molecule has 0 atom stereocenters. The summed E-state index contributed by atoms with van der Waals surface area (Å²) in [6, 6.07) is 0. The second kappa shape index (κ2) is 2.06. The van der Waals surface area contributed by atoms with Crippen LogP contribution < -0.4 is 0 Å². The first-order valence-electron chi connectivity index (χ1n) is 3.35. The van der Waals surface area contributed by atoms with E-state index in [9.17, 15) is 0 Å². The summed E-state index contributed by atoms with van der Waals surface area (Å²) in [4.78, 5) is 0. The Morgan fingerprint density at radius 2 is 1.38 bits per heavy atom. The molecular weight excluding hydrogens is 100 g/mol. The van der Waals surface area contributed by atoms with E-state index in [-0.39, 0.29) is 5.60 Å². The molecule has 8 heavy (non-hydrogen) atoms. The van der Waals surface area contributed by atoms with E-state index in [1.54, 1.807) is 0 Å². The fourth-order valence-corrected chi connectivity index (χ4v) is 0.144. The maximum absolute atomic E-state index is 4.90. The summed E-state index contributed by atoms with van der Waals surface area (Å²) in [6.45, 7) is 5.10. The fourth-order valence-electron chi connectivity index (χ4n) is 0.144. The zero-order chi connectivity index (χ0) is 6.04. The van der Waals surface area contributed by atoms with Crippen LogP contribution in [0.25, 0.3) is 0 Å². The first-order chi connectivity index (χ1) is 3.71. The van der Waals surface area contributed by atoms with E-state index in [0.717, 1.165) is 6.61 Å². The molecule has 2 aliphatic rings. The molecule has 0 radical (unpaired) electrons. The Morgan fingerprint density at radius 3 is 1.38 bits per heavy atom. The van der Waals surface area contributed by atoms with Gasteiger partial charge in [-0.15, -0.1) is 0 Å². The van der Waals surface area contributed by atoms with Crippen LogP contribution >= 0.6 is 0 Å². The monoisotopic (exact) mass is 114 g/mol. The molecule has 0 aromatic rings. The second-order valence-electron chi connectivity index (χ2n) is 3.11. The van der Waals surface area contributed by atoms with Crippen molar-refractivity contribution in [1.82, 2.24) is 0 Å². The van der Waals surface area contributed by atoms with E-state index in [2.05, 4.69) is 13.8 Å². The van der Waals surface area contributed by atoms with Crippen LogP contribution in [0.15, 0.2) is 0 Å². The molecule has 0 aromatic heterocycles. The van der Waals surface area contributed by atoms with Gasteiger partial charge < -0.3 is 4.74 Å². The molecule has 1 aliphatic carbocycles. The van der Waals surface area contributed by atoms with Gasteiger partial charge in [0.1, 0.15) is 0 Å². The highest BCUT2D eigenvalue weighted by atomic mass is 16.6. The molecule has 0 unspecified atom stereocenters. The quantitative estimate of drug-likeness (QED) is 0.438. The molecule has 2 rings (SSSR count). The summed E-state index contributed by atoms with van der Waals surface area (Å²) in [7, 11) is 0. The molecule has 1 saturated carbocycles. The highest BCUT2D eigenvalue weighted by molar-refractivity contribution is 4.79. The molecule has 48 valence electrons. The third kappa shape index (κ3) is 4.13. The van der Waals surface area contributed by atoms with Crippen molar-refractivity contribution in [3.8, 4) is 0 Å². The molecule has 0 aromatic carbocycles. The Kier molecular flexibility index (Phi) is 1.57. The lowest BCUT2D eigenvalue weighted by molar-refractivity contribution is 0.344. The molecular formula is C7H14O. The Bertz CT molecular complexity index is 65.7. The number of ether oxygens (including phenoxy) is 1. The topological polar surface area (TPSA) is 12.5 Å². The molecule has 1 aliphatic heterocycles. The molecule has 1 heterocycles. The van der Waals surface area contributed by atoms with E-state index < -0.39 is 0 Å². The van der Waals surface area contributed by atoms with Gasteiger partial charge in [0, 0.05) is 0 Å². The summed E-state index contributed by atoms with van der Waals surface area (Å²) in [6.07, 6.45) is 4.50. The Balaban J connectivity index is 0.0000000907. The van der Waals surface area contributed by atoms with Gasteiger partial charge in [-0.2, -0.15) is 0 Å². The van der Waals surface area contributed by atoms with Gasteiger partial charge in [0.05, 0.1) is 12.2 Å². The van der Waals surface area contributed by atoms with Crippen LogP contribution in [0, 0.1) is 0 Å². The molecule has 1 nitrogen and oxygen atoms in total. The predicted molar refractivity (Wildman–Crippen MR) is 33.9 cm³/mol. The van der Waals surface area contributed by atoms with Crippen LogP contribution in [0.2, 0.25) is 0 Å². The van der Waals surface area contributed by atoms with Crippen LogP contribution in [0.3, 0.4) is 0 Å². The third-order valence-corrected chi connectivity index (χ3v) is 1.08. The van der Waals surface area contributed by atoms with Crippen molar-refractivity contribution in [2.75, 3.05) is 6.61 Å². The number of rotatable bonds is 0. The van der Waals surface area contributed by atoms with Crippen LogP contribution in [-0.2, 0) is 4.74 Å². The van der Waals surface area contributed by atoms with Crippen molar-refractivity contribution in [3.63, 3.8) is 0 Å². The smallest absolute Gasteiger partial charge is 0.0860 e. The molecule has 0 bridgehead atoms.